The smallest absolute Gasteiger partial charge is 0.197 e. The van der Waals surface area contributed by atoms with Crippen LogP contribution in [0.15, 0.2) is 11.6 Å². The molecule has 0 saturated carbocycles. The Hall–Kier alpha value is -1.36. The van der Waals surface area contributed by atoms with Gasteiger partial charge in [0.2, 0.25) is 0 Å². The van der Waals surface area contributed by atoms with Crippen LogP contribution in [0.25, 0.3) is 11.4 Å². The Labute approximate surface area is 73.5 Å². The number of nitrogens with two attached hydrogens (primary N) is 1. The summed E-state index contributed by atoms with van der Waals surface area (Å²) in [6, 6.07) is 0. The number of hydrogen-bond acceptors (Lipinski definition) is 4. The van der Waals surface area contributed by atoms with E-state index in [1.54, 1.807) is 17.5 Å². The van der Waals surface area contributed by atoms with Gasteiger partial charge in [-0.1, -0.05) is 0 Å². The number of anilines is 1. The molecule has 0 spiro atoms. The van der Waals surface area contributed by atoms with E-state index in [9.17, 15) is 0 Å². The zero-order chi connectivity index (χ0) is 8.55. The molecule has 0 aliphatic heterocycles. The Kier molecular flexibility index (Phi) is 1.58. The van der Waals surface area contributed by atoms with Gasteiger partial charge >= 0.3 is 0 Å². The third-order valence-electron chi connectivity index (χ3n) is 1.49. The first-order chi connectivity index (χ1) is 5.75. The van der Waals surface area contributed by atoms with E-state index in [1.807, 2.05) is 12.3 Å². The standard InChI is InChI=1S/C7H8N4S/c1-4-10-6(3-12-4)5-2-9-7(8)11-5/h2-3H,1H3,(H3,8,9,11). The number of hydrogen-bond donors (Lipinski definition) is 2. The predicted molar refractivity (Wildman–Crippen MR) is 48.8 cm³/mol. The molecule has 62 valence electrons. The minimum absolute atomic E-state index is 0.427. The van der Waals surface area contributed by atoms with Gasteiger partial charge in [-0.05, 0) is 6.92 Å². The van der Waals surface area contributed by atoms with Crippen LogP contribution in [0.3, 0.4) is 0 Å². The molecule has 0 aliphatic rings. The Morgan fingerprint density at radius 1 is 1.58 bits per heavy atom. The van der Waals surface area contributed by atoms with E-state index in [0.717, 1.165) is 16.4 Å². The van der Waals surface area contributed by atoms with Gasteiger partial charge in [0.15, 0.2) is 5.95 Å². The number of imidazole rings is 1. The summed E-state index contributed by atoms with van der Waals surface area (Å²) < 4.78 is 0. The molecule has 0 fully saturated rings. The van der Waals surface area contributed by atoms with Gasteiger partial charge in [-0.25, -0.2) is 9.97 Å². The number of nitrogen functional groups attached to an aromatic ring is 1. The van der Waals surface area contributed by atoms with Crippen LogP contribution in [0.2, 0.25) is 0 Å². The summed E-state index contributed by atoms with van der Waals surface area (Å²) in [5.41, 5.74) is 7.21. The molecular weight excluding hydrogens is 172 g/mol. The van der Waals surface area contributed by atoms with E-state index in [0.29, 0.717) is 5.95 Å². The normalized spacial score (nSPS) is 10.4. The molecule has 0 bridgehead atoms. The second kappa shape index (κ2) is 2.60. The first-order valence-corrected chi connectivity index (χ1v) is 4.36. The van der Waals surface area contributed by atoms with Gasteiger partial charge in [-0.15, -0.1) is 11.3 Å². The second-order valence-corrected chi connectivity index (χ2v) is 3.50. The van der Waals surface area contributed by atoms with E-state index >= 15 is 0 Å². The van der Waals surface area contributed by atoms with Gasteiger partial charge < -0.3 is 10.7 Å². The van der Waals surface area contributed by atoms with Crippen LogP contribution in [0.4, 0.5) is 5.95 Å². The quantitative estimate of drug-likeness (QED) is 0.697. The Morgan fingerprint density at radius 2 is 2.42 bits per heavy atom. The third kappa shape index (κ3) is 1.18. The van der Waals surface area contributed by atoms with Crippen LogP contribution >= 0.6 is 11.3 Å². The number of nitrogens with zero attached hydrogens (tertiary/aromatic N) is 2. The predicted octanol–water partition coefficient (Wildman–Crippen LogP) is 1.42. The maximum absolute atomic E-state index is 5.43. The number of rotatable bonds is 1. The molecule has 2 aromatic rings. The van der Waals surface area contributed by atoms with Crippen molar-refractivity contribution in [3.8, 4) is 11.4 Å². The molecule has 0 amide bonds. The number of H-pyrrole nitrogens is 1. The van der Waals surface area contributed by atoms with Crippen LogP contribution in [0, 0.1) is 6.92 Å². The number of aromatic amines is 1. The summed E-state index contributed by atoms with van der Waals surface area (Å²) in [7, 11) is 0. The highest BCUT2D eigenvalue weighted by Crippen LogP contribution is 2.19. The molecule has 0 aliphatic carbocycles. The number of aryl methyl sites for hydroxylation is 1. The molecule has 0 saturated heterocycles. The van der Waals surface area contributed by atoms with Crippen molar-refractivity contribution in [3.63, 3.8) is 0 Å². The molecule has 12 heavy (non-hydrogen) atoms. The first-order valence-electron chi connectivity index (χ1n) is 3.48. The molecule has 4 nitrogen and oxygen atoms in total. The average Bonchev–Trinajstić information content (AvgIpc) is 2.58. The maximum Gasteiger partial charge on any atom is 0.197 e. The lowest BCUT2D eigenvalue weighted by atomic mass is 10.4. The fourth-order valence-corrected chi connectivity index (χ4v) is 1.57. The third-order valence-corrected chi connectivity index (χ3v) is 2.26. The van der Waals surface area contributed by atoms with Crippen molar-refractivity contribution in [2.75, 3.05) is 5.73 Å². The summed E-state index contributed by atoms with van der Waals surface area (Å²) in [6.07, 6.45) is 1.68. The van der Waals surface area contributed by atoms with Crippen molar-refractivity contribution in [1.29, 1.82) is 0 Å². The van der Waals surface area contributed by atoms with E-state index in [1.165, 1.54) is 0 Å². The van der Waals surface area contributed by atoms with E-state index < -0.39 is 0 Å². The number of nitrogens with one attached hydrogen (secondary N) is 1. The molecule has 3 N–H and O–H groups in total. The number of aromatic nitrogens is 3. The second-order valence-electron chi connectivity index (χ2n) is 2.43. The van der Waals surface area contributed by atoms with Crippen molar-refractivity contribution in [3.05, 3.63) is 16.6 Å². The molecular formula is C7H8N4S. The fraction of sp³-hybridized carbons (Fsp3) is 0.143. The molecule has 2 aromatic heterocycles. The van der Waals surface area contributed by atoms with Crippen molar-refractivity contribution >= 4 is 17.3 Å². The van der Waals surface area contributed by atoms with Crippen molar-refractivity contribution in [2.24, 2.45) is 0 Å². The largest absolute Gasteiger partial charge is 0.369 e. The number of thiazole rings is 1. The summed E-state index contributed by atoms with van der Waals surface area (Å²) in [6.45, 7) is 1.97. The minimum Gasteiger partial charge on any atom is -0.369 e. The molecule has 2 heterocycles. The fourth-order valence-electron chi connectivity index (χ4n) is 0.954. The SMILES string of the molecule is Cc1nc(-c2cnc(N)[nH]2)cs1. The first kappa shape index (κ1) is 7.30. The molecule has 5 heteroatoms. The molecule has 0 aromatic carbocycles. The topological polar surface area (TPSA) is 67.6 Å². The van der Waals surface area contributed by atoms with Gasteiger partial charge in [0, 0.05) is 5.38 Å². The van der Waals surface area contributed by atoms with Crippen LogP contribution < -0.4 is 5.73 Å². The highest BCUT2D eigenvalue weighted by molar-refractivity contribution is 7.09. The van der Waals surface area contributed by atoms with E-state index in [4.69, 9.17) is 5.73 Å². The van der Waals surface area contributed by atoms with E-state index in [-0.39, 0.29) is 0 Å². The zero-order valence-corrected chi connectivity index (χ0v) is 7.35. The zero-order valence-electron chi connectivity index (χ0n) is 6.53. The molecule has 2 rings (SSSR count). The van der Waals surface area contributed by atoms with Gasteiger partial charge in [0.05, 0.1) is 22.6 Å². The van der Waals surface area contributed by atoms with Crippen molar-refractivity contribution in [2.45, 2.75) is 6.92 Å². The lowest BCUT2D eigenvalue weighted by molar-refractivity contribution is 1.27. The van der Waals surface area contributed by atoms with E-state index in [2.05, 4.69) is 15.0 Å². The van der Waals surface area contributed by atoms with Gasteiger partial charge in [0.25, 0.3) is 0 Å². The summed E-state index contributed by atoms with van der Waals surface area (Å²) >= 11 is 1.61. The Bertz CT molecular complexity index is 351. The van der Waals surface area contributed by atoms with Gasteiger partial charge in [0.1, 0.15) is 0 Å². The minimum atomic E-state index is 0.427. The van der Waals surface area contributed by atoms with Gasteiger partial charge in [-0.2, -0.15) is 0 Å². The van der Waals surface area contributed by atoms with Gasteiger partial charge in [-0.3, -0.25) is 0 Å². The summed E-state index contributed by atoms with van der Waals surface area (Å²) in [5.74, 6) is 0.427. The van der Waals surface area contributed by atoms with Crippen LogP contribution in [-0.4, -0.2) is 15.0 Å². The lowest BCUT2D eigenvalue weighted by Crippen LogP contribution is -1.85. The maximum atomic E-state index is 5.43. The van der Waals surface area contributed by atoms with Crippen molar-refractivity contribution in [1.82, 2.24) is 15.0 Å². The van der Waals surface area contributed by atoms with Crippen molar-refractivity contribution < 1.29 is 0 Å². The molecule has 0 radical (unpaired) electrons. The summed E-state index contributed by atoms with van der Waals surface area (Å²) in [5, 5.41) is 3.01. The molecule has 0 atom stereocenters. The Morgan fingerprint density at radius 3 is 2.92 bits per heavy atom. The highest BCUT2D eigenvalue weighted by atomic mass is 32.1. The molecule has 0 unspecified atom stereocenters. The van der Waals surface area contributed by atoms with Crippen LogP contribution in [-0.2, 0) is 0 Å². The Balaban J connectivity index is 2.43. The average molecular weight is 180 g/mol. The van der Waals surface area contributed by atoms with Crippen LogP contribution in [0.1, 0.15) is 5.01 Å². The monoisotopic (exact) mass is 180 g/mol. The summed E-state index contributed by atoms with van der Waals surface area (Å²) in [4.78, 5) is 11.1. The van der Waals surface area contributed by atoms with Crippen LogP contribution in [0.5, 0.6) is 0 Å². The highest BCUT2D eigenvalue weighted by Gasteiger charge is 2.03. The lowest BCUT2D eigenvalue weighted by Gasteiger charge is -1.86.